The monoisotopic (exact) mass is 364 g/mol. The third kappa shape index (κ3) is 2.76. The molecule has 0 spiro atoms. The molecule has 0 aromatic heterocycles. The van der Waals surface area contributed by atoms with E-state index in [4.69, 9.17) is 0 Å². The Hall–Kier alpha value is -1.44. The SMILES string of the molecule is CC1=C(C)CC(c2ccc(F)cc2)(c2ccc(F)cc2)[Se]C1. The molecule has 2 aromatic carbocycles. The molecule has 0 unspecified atom stereocenters. The van der Waals surface area contributed by atoms with Gasteiger partial charge < -0.3 is 0 Å². The summed E-state index contributed by atoms with van der Waals surface area (Å²) in [4.78, 5) is 0. The summed E-state index contributed by atoms with van der Waals surface area (Å²) in [5.41, 5.74) is 5.11. The quantitative estimate of drug-likeness (QED) is 0.516. The first-order valence-electron chi connectivity index (χ1n) is 7.32. The molecule has 0 radical (unpaired) electrons. The van der Waals surface area contributed by atoms with Crippen LogP contribution in [0.5, 0.6) is 0 Å². The maximum atomic E-state index is 13.3. The van der Waals surface area contributed by atoms with Crippen molar-refractivity contribution in [1.82, 2.24) is 0 Å². The van der Waals surface area contributed by atoms with Gasteiger partial charge in [0.25, 0.3) is 0 Å². The van der Waals surface area contributed by atoms with Gasteiger partial charge in [-0.25, -0.2) is 0 Å². The van der Waals surface area contributed by atoms with Crippen LogP contribution in [0.4, 0.5) is 8.78 Å². The Labute approximate surface area is 136 Å². The Kier molecular flexibility index (Phi) is 4.20. The van der Waals surface area contributed by atoms with Gasteiger partial charge in [-0.15, -0.1) is 0 Å². The van der Waals surface area contributed by atoms with Gasteiger partial charge in [-0.2, -0.15) is 0 Å². The van der Waals surface area contributed by atoms with Crippen molar-refractivity contribution in [3.8, 4) is 0 Å². The van der Waals surface area contributed by atoms with Crippen molar-refractivity contribution >= 4 is 15.0 Å². The molecular weight excluding hydrogens is 345 g/mol. The number of halogens is 2. The van der Waals surface area contributed by atoms with Crippen LogP contribution in [0.2, 0.25) is 5.32 Å². The molecule has 1 heterocycles. The van der Waals surface area contributed by atoms with Crippen LogP contribution in [-0.4, -0.2) is 15.0 Å². The van der Waals surface area contributed by atoms with Gasteiger partial charge in [-0.05, 0) is 0 Å². The van der Waals surface area contributed by atoms with Crippen molar-refractivity contribution in [2.24, 2.45) is 0 Å². The fourth-order valence-corrected chi connectivity index (χ4v) is 6.33. The molecule has 3 rings (SSSR count). The predicted octanol–water partition coefficient (Wildman–Crippen LogP) is 5.07. The van der Waals surface area contributed by atoms with Gasteiger partial charge in [0.15, 0.2) is 0 Å². The van der Waals surface area contributed by atoms with Gasteiger partial charge in [-0.1, -0.05) is 0 Å². The number of benzene rings is 2. The molecule has 0 amide bonds. The normalized spacial score (nSPS) is 17.6. The molecule has 2 aromatic rings. The van der Waals surface area contributed by atoms with Crippen molar-refractivity contribution < 1.29 is 8.78 Å². The van der Waals surface area contributed by atoms with Crippen LogP contribution in [0.1, 0.15) is 31.4 Å². The van der Waals surface area contributed by atoms with E-state index in [0.29, 0.717) is 15.0 Å². The second-order valence-electron chi connectivity index (χ2n) is 5.87. The Morgan fingerprint density at radius 1 is 0.773 bits per heavy atom. The van der Waals surface area contributed by atoms with E-state index in [1.54, 1.807) is 0 Å². The second kappa shape index (κ2) is 5.98. The molecule has 0 saturated carbocycles. The van der Waals surface area contributed by atoms with E-state index in [0.717, 1.165) is 22.9 Å². The summed E-state index contributed by atoms with van der Waals surface area (Å²) < 4.78 is 26.5. The fraction of sp³-hybridized carbons (Fsp3) is 0.263. The van der Waals surface area contributed by atoms with Crippen LogP contribution in [-0.2, 0) is 4.31 Å². The zero-order chi connectivity index (χ0) is 15.7. The van der Waals surface area contributed by atoms with Crippen LogP contribution in [0, 0.1) is 11.6 Å². The first kappa shape index (κ1) is 15.5. The van der Waals surface area contributed by atoms with Crippen LogP contribution in [0.15, 0.2) is 59.7 Å². The molecule has 0 bridgehead atoms. The average Bonchev–Trinajstić information content (AvgIpc) is 2.52. The number of hydrogen-bond acceptors (Lipinski definition) is 0. The van der Waals surface area contributed by atoms with Crippen LogP contribution < -0.4 is 0 Å². The summed E-state index contributed by atoms with van der Waals surface area (Å²) in [5.74, 6) is -0.436. The van der Waals surface area contributed by atoms with E-state index in [2.05, 4.69) is 13.8 Å². The van der Waals surface area contributed by atoms with Gasteiger partial charge >= 0.3 is 136 Å². The number of allylic oxidation sites excluding steroid dienone is 2. The van der Waals surface area contributed by atoms with Crippen LogP contribution in [0.3, 0.4) is 0 Å². The molecule has 3 heteroatoms. The summed E-state index contributed by atoms with van der Waals surface area (Å²) in [6, 6.07) is 13.6. The maximum absolute atomic E-state index is 13.3. The van der Waals surface area contributed by atoms with Crippen molar-refractivity contribution in [2.75, 3.05) is 0 Å². The molecule has 22 heavy (non-hydrogen) atoms. The molecule has 1 aliphatic rings. The van der Waals surface area contributed by atoms with Gasteiger partial charge in [-0.3, -0.25) is 0 Å². The molecule has 0 saturated heterocycles. The van der Waals surface area contributed by atoms with Crippen molar-refractivity contribution in [3.05, 3.63) is 82.4 Å². The van der Waals surface area contributed by atoms with Crippen molar-refractivity contribution in [2.45, 2.75) is 29.9 Å². The molecule has 1 aliphatic heterocycles. The predicted molar refractivity (Wildman–Crippen MR) is 87.1 cm³/mol. The van der Waals surface area contributed by atoms with Gasteiger partial charge in [0.05, 0.1) is 0 Å². The van der Waals surface area contributed by atoms with Crippen LogP contribution >= 0.6 is 0 Å². The Morgan fingerprint density at radius 2 is 1.23 bits per heavy atom. The molecule has 114 valence electrons. The third-order valence-corrected chi connectivity index (χ3v) is 7.94. The first-order chi connectivity index (χ1) is 10.5. The Balaban J connectivity index is 2.14. The van der Waals surface area contributed by atoms with E-state index in [-0.39, 0.29) is 15.9 Å². The molecular formula is C19H18F2Se. The minimum atomic E-state index is -0.218. The van der Waals surface area contributed by atoms with E-state index in [9.17, 15) is 8.78 Å². The summed E-state index contributed by atoms with van der Waals surface area (Å²) in [5, 5.41) is 1.08. The van der Waals surface area contributed by atoms with Crippen molar-refractivity contribution in [3.63, 3.8) is 0 Å². The Morgan fingerprint density at radius 3 is 1.64 bits per heavy atom. The number of hydrogen-bond donors (Lipinski definition) is 0. The third-order valence-electron chi connectivity index (χ3n) is 4.40. The van der Waals surface area contributed by atoms with Crippen LogP contribution in [0.25, 0.3) is 0 Å². The molecule has 0 nitrogen and oxygen atoms in total. The molecule has 0 atom stereocenters. The zero-order valence-electron chi connectivity index (χ0n) is 12.7. The average molecular weight is 363 g/mol. The summed E-state index contributed by atoms with van der Waals surface area (Å²) in [6.07, 6.45) is 0.927. The number of rotatable bonds is 2. The molecule has 0 aliphatic carbocycles. The summed E-state index contributed by atoms with van der Waals surface area (Å²) in [6.45, 7) is 4.36. The minimum absolute atomic E-state index is 0.127. The van der Waals surface area contributed by atoms with Gasteiger partial charge in [0, 0.05) is 0 Å². The van der Waals surface area contributed by atoms with Gasteiger partial charge in [0.1, 0.15) is 0 Å². The van der Waals surface area contributed by atoms with E-state index >= 15 is 0 Å². The molecule has 0 fully saturated rings. The van der Waals surface area contributed by atoms with Crippen molar-refractivity contribution in [1.29, 1.82) is 0 Å². The second-order valence-corrected chi connectivity index (χ2v) is 8.54. The van der Waals surface area contributed by atoms with Gasteiger partial charge in [0.2, 0.25) is 0 Å². The fourth-order valence-electron chi connectivity index (χ4n) is 2.91. The van der Waals surface area contributed by atoms with E-state index < -0.39 is 0 Å². The topological polar surface area (TPSA) is 0 Å². The molecule has 0 N–H and O–H groups in total. The summed E-state index contributed by atoms with van der Waals surface area (Å²) in [7, 11) is 0. The van der Waals surface area contributed by atoms with E-state index in [1.807, 2.05) is 24.3 Å². The Bertz CT molecular complexity index is 654. The zero-order valence-corrected chi connectivity index (χ0v) is 14.4. The van der Waals surface area contributed by atoms with E-state index in [1.165, 1.54) is 35.4 Å². The summed E-state index contributed by atoms with van der Waals surface area (Å²) >= 11 is 0.312. The standard InChI is InChI=1S/C19H18F2Se/c1-13-11-19(22-12-14(13)2,15-3-7-17(20)8-4-15)16-5-9-18(21)10-6-16/h3-10H,11-12H2,1-2H3. The first-order valence-corrected chi connectivity index (χ1v) is 9.39.